The topological polar surface area (TPSA) is 22.1 Å². The van der Waals surface area contributed by atoms with Crippen LogP contribution in [-0.4, -0.2) is 11.6 Å². The Bertz CT molecular complexity index is 617. The summed E-state index contributed by atoms with van der Waals surface area (Å²) >= 11 is 0. The average Bonchev–Trinajstić information content (AvgIpc) is 2.56. The highest BCUT2D eigenvalue weighted by Gasteiger charge is 1.95. The van der Waals surface area contributed by atoms with Crippen LogP contribution < -0.4 is 4.74 Å². The van der Waals surface area contributed by atoms with Crippen LogP contribution in [0.4, 0.5) is 0 Å². The molecule has 1 aromatic carbocycles. The van der Waals surface area contributed by atoms with Gasteiger partial charge in [-0.2, -0.15) is 0 Å². The van der Waals surface area contributed by atoms with Crippen LogP contribution in [0.3, 0.4) is 0 Å². The number of nitrogens with zero attached hydrogens (tertiary/aromatic N) is 1. The second kappa shape index (κ2) is 8.89. The van der Waals surface area contributed by atoms with Gasteiger partial charge in [0.25, 0.3) is 0 Å². The van der Waals surface area contributed by atoms with Crippen molar-refractivity contribution in [1.82, 2.24) is 4.98 Å². The summed E-state index contributed by atoms with van der Waals surface area (Å²) in [6, 6.07) is 12.3. The molecule has 2 nitrogen and oxygen atoms in total. The normalized spacial score (nSPS) is 9.91. The van der Waals surface area contributed by atoms with E-state index in [0.29, 0.717) is 0 Å². The number of hydrogen-bond donors (Lipinski definition) is 0. The van der Waals surface area contributed by atoms with Gasteiger partial charge < -0.3 is 4.74 Å². The van der Waals surface area contributed by atoms with Crippen LogP contribution in [0.2, 0.25) is 0 Å². The van der Waals surface area contributed by atoms with Crippen molar-refractivity contribution in [1.29, 1.82) is 0 Å². The van der Waals surface area contributed by atoms with Crippen LogP contribution in [0, 0.1) is 11.8 Å². The molecule has 0 spiro atoms. The first-order valence-corrected chi connectivity index (χ1v) is 8.01. The molecule has 1 heterocycles. The van der Waals surface area contributed by atoms with Crippen LogP contribution in [0.1, 0.15) is 49.9 Å². The SMILES string of the molecule is CCCCOc1ccc(C#Cc2ccc(CCC)cc2)nc1. The van der Waals surface area contributed by atoms with E-state index in [1.54, 1.807) is 6.20 Å². The van der Waals surface area contributed by atoms with Gasteiger partial charge in [0.2, 0.25) is 0 Å². The fourth-order valence-electron chi connectivity index (χ4n) is 2.05. The Morgan fingerprint density at radius 1 is 0.955 bits per heavy atom. The summed E-state index contributed by atoms with van der Waals surface area (Å²) in [6.07, 6.45) is 6.23. The highest BCUT2D eigenvalue weighted by Crippen LogP contribution is 2.10. The van der Waals surface area contributed by atoms with E-state index in [9.17, 15) is 0 Å². The van der Waals surface area contributed by atoms with E-state index in [2.05, 4.69) is 54.9 Å². The summed E-state index contributed by atoms with van der Waals surface area (Å²) in [6.45, 7) is 5.08. The van der Waals surface area contributed by atoms with Crippen molar-refractivity contribution in [2.75, 3.05) is 6.61 Å². The summed E-state index contributed by atoms with van der Waals surface area (Å²) in [5.74, 6) is 7.05. The molecule has 0 aliphatic rings. The van der Waals surface area contributed by atoms with Gasteiger partial charge in [0.15, 0.2) is 0 Å². The quantitative estimate of drug-likeness (QED) is 0.573. The lowest BCUT2D eigenvalue weighted by atomic mass is 10.1. The van der Waals surface area contributed by atoms with Gasteiger partial charge in [0, 0.05) is 5.56 Å². The zero-order chi connectivity index (χ0) is 15.6. The van der Waals surface area contributed by atoms with Crippen molar-refractivity contribution >= 4 is 0 Å². The van der Waals surface area contributed by atoms with E-state index in [1.165, 1.54) is 12.0 Å². The van der Waals surface area contributed by atoms with Crippen molar-refractivity contribution in [2.24, 2.45) is 0 Å². The molecule has 0 aliphatic carbocycles. The lowest BCUT2D eigenvalue weighted by Crippen LogP contribution is -1.97. The fourth-order valence-corrected chi connectivity index (χ4v) is 2.05. The minimum absolute atomic E-state index is 0.743. The zero-order valence-corrected chi connectivity index (χ0v) is 13.4. The van der Waals surface area contributed by atoms with E-state index in [0.717, 1.165) is 42.9 Å². The number of aromatic nitrogens is 1. The standard InChI is InChI=1S/C20H23NO/c1-3-5-15-22-20-14-13-19(21-16-20)12-11-18-9-7-17(6-4-2)8-10-18/h7-10,13-14,16H,3-6,15H2,1-2H3. The predicted molar refractivity (Wildman–Crippen MR) is 91.1 cm³/mol. The van der Waals surface area contributed by atoms with Gasteiger partial charge in [-0.25, -0.2) is 4.98 Å². The fraction of sp³-hybridized carbons (Fsp3) is 0.350. The number of benzene rings is 1. The second-order valence-electron chi connectivity index (χ2n) is 5.28. The largest absolute Gasteiger partial charge is 0.492 e. The Kier molecular flexibility index (Phi) is 6.51. The summed E-state index contributed by atoms with van der Waals surface area (Å²) in [5.41, 5.74) is 3.14. The van der Waals surface area contributed by atoms with Crippen molar-refractivity contribution in [3.05, 3.63) is 59.4 Å². The van der Waals surface area contributed by atoms with Gasteiger partial charge in [-0.3, -0.25) is 0 Å². The number of ether oxygens (including phenoxy) is 1. The highest BCUT2D eigenvalue weighted by molar-refractivity contribution is 5.41. The molecular weight excluding hydrogens is 270 g/mol. The number of unbranched alkanes of at least 4 members (excludes halogenated alkanes) is 1. The molecule has 2 aromatic rings. The maximum Gasteiger partial charge on any atom is 0.137 e. The molecule has 0 saturated carbocycles. The van der Waals surface area contributed by atoms with E-state index < -0.39 is 0 Å². The number of aryl methyl sites for hydroxylation is 1. The second-order valence-corrected chi connectivity index (χ2v) is 5.28. The molecule has 0 radical (unpaired) electrons. The molecule has 0 aliphatic heterocycles. The number of pyridine rings is 1. The van der Waals surface area contributed by atoms with Crippen LogP contribution in [0.5, 0.6) is 5.75 Å². The Balaban J connectivity index is 1.96. The summed E-state index contributed by atoms with van der Waals surface area (Å²) < 4.78 is 5.59. The van der Waals surface area contributed by atoms with Gasteiger partial charge in [-0.15, -0.1) is 0 Å². The minimum atomic E-state index is 0.743. The molecule has 0 saturated heterocycles. The molecule has 114 valence electrons. The molecule has 22 heavy (non-hydrogen) atoms. The summed E-state index contributed by atoms with van der Waals surface area (Å²) in [5, 5.41) is 0. The van der Waals surface area contributed by atoms with Crippen LogP contribution in [-0.2, 0) is 6.42 Å². The molecule has 0 N–H and O–H groups in total. The first kappa shape index (κ1) is 16.1. The predicted octanol–water partition coefficient (Wildman–Crippen LogP) is 4.61. The zero-order valence-electron chi connectivity index (χ0n) is 13.4. The molecule has 2 rings (SSSR count). The van der Waals surface area contributed by atoms with Crippen LogP contribution in [0.15, 0.2) is 42.6 Å². The maximum atomic E-state index is 5.59. The average molecular weight is 293 g/mol. The third-order valence-corrected chi connectivity index (χ3v) is 3.33. The Morgan fingerprint density at radius 2 is 1.77 bits per heavy atom. The van der Waals surface area contributed by atoms with E-state index >= 15 is 0 Å². The number of rotatable bonds is 6. The van der Waals surface area contributed by atoms with Crippen LogP contribution >= 0.6 is 0 Å². The molecule has 0 atom stereocenters. The Labute approximate surface area is 133 Å². The monoisotopic (exact) mass is 293 g/mol. The van der Waals surface area contributed by atoms with Gasteiger partial charge in [-0.1, -0.05) is 44.7 Å². The highest BCUT2D eigenvalue weighted by atomic mass is 16.5. The van der Waals surface area contributed by atoms with E-state index in [1.807, 2.05) is 12.1 Å². The van der Waals surface area contributed by atoms with Gasteiger partial charge in [0.05, 0.1) is 12.8 Å². The van der Waals surface area contributed by atoms with Crippen molar-refractivity contribution < 1.29 is 4.74 Å². The molecule has 2 heteroatoms. The molecule has 1 aromatic heterocycles. The third kappa shape index (κ3) is 5.26. The smallest absolute Gasteiger partial charge is 0.137 e. The first-order chi connectivity index (χ1) is 10.8. The van der Waals surface area contributed by atoms with Gasteiger partial charge in [-0.05, 0) is 48.6 Å². The lowest BCUT2D eigenvalue weighted by molar-refractivity contribution is 0.308. The van der Waals surface area contributed by atoms with E-state index in [4.69, 9.17) is 4.74 Å². The van der Waals surface area contributed by atoms with Gasteiger partial charge in [0.1, 0.15) is 11.4 Å². The van der Waals surface area contributed by atoms with E-state index in [-0.39, 0.29) is 0 Å². The Hall–Kier alpha value is -2.27. The molecule has 0 amide bonds. The maximum absolute atomic E-state index is 5.59. The van der Waals surface area contributed by atoms with Crippen molar-refractivity contribution in [2.45, 2.75) is 39.5 Å². The minimum Gasteiger partial charge on any atom is -0.492 e. The summed E-state index contributed by atoms with van der Waals surface area (Å²) in [4.78, 5) is 4.32. The molecule has 0 unspecified atom stereocenters. The molecular formula is C20H23NO. The third-order valence-electron chi connectivity index (χ3n) is 3.33. The van der Waals surface area contributed by atoms with Gasteiger partial charge >= 0.3 is 0 Å². The Morgan fingerprint density at radius 3 is 2.41 bits per heavy atom. The van der Waals surface area contributed by atoms with Crippen LogP contribution in [0.25, 0.3) is 0 Å². The summed E-state index contributed by atoms with van der Waals surface area (Å²) in [7, 11) is 0. The molecule has 0 bridgehead atoms. The molecule has 0 fully saturated rings. The first-order valence-electron chi connectivity index (χ1n) is 8.01. The lowest BCUT2D eigenvalue weighted by Gasteiger charge is -2.03. The van der Waals surface area contributed by atoms with Crippen molar-refractivity contribution in [3.63, 3.8) is 0 Å². The van der Waals surface area contributed by atoms with Crippen molar-refractivity contribution in [3.8, 4) is 17.6 Å². The number of hydrogen-bond acceptors (Lipinski definition) is 2.